The van der Waals surface area contributed by atoms with Gasteiger partial charge in [-0.05, 0) is 44.0 Å². The third-order valence-corrected chi connectivity index (χ3v) is 8.02. The van der Waals surface area contributed by atoms with Crippen molar-refractivity contribution < 1.29 is 14.3 Å². The number of hydrogen-bond donors (Lipinski definition) is 1. The van der Waals surface area contributed by atoms with Crippen LogP contribution >= 0.6 is 0 Å². The number of para-hydroxylation sites is 2. The minimum absolute atomic E-state index is 0.103. The van der Waals surface area contributed by atoms with Crippen molar-refractivity contribution in [2.75, 3.05) is 7.11 Å². The van der Waals surface area contributed by atoms with Crippen molar-refractivity contribution in [2.45, 2.75) is 57.3 Å². The van der Waals surface area contributed by atoms with Gasteiger partial charge in [-0.1, -0.05) is 49.2 Å². The van der Waals surface area contributed by atoms with Crippen LogP contribution in [0, 0.1) is 0 Å². The Morgan fingerprint density at radius 3 is 2.49 bits per heavy atom. The molecular weight excluding hydrogens is 464 g/mol. The van der Waals surface area contributed by atoms with Crippen LogP contribution in [0.5, 0.6) is 5.75 Å². The molecule has 0 saturated heterocycles. The van der Waals surface area contributed by atoms with E-state index in [4.69, 9.17) is 4.74 Å². The summed E-state index contributed by atoms with van der Waals surface area (Å²) in [6, 6.07) is 19.8. The van der Waals surface area contributed by atoms with E-state index in [-0.39, 0.29) is 24.4 Å². The van der Waals surface area contributed by atoms with Gasteiger partial charge in [-0.15, -0.1) is 0 Å². The van der Waals surface area contributed by atoms with Gasteiger partial charge in [0.05, 0.1) is 31.4 Å². The van der Waals surface area contributed by atoms with Crippen LogP contribution in [0.2, 0.25) is 0 Å². The van der Waals surface area contributed by atoms with Crippen LogP contribution in [-0.4, -0.2) is 44.5 Å². The summed E-state index contributed by atoms with van der Waals surface area (Å²) < 4.78 is 9.65. The van der Waals surface area contributed by atoms with Crippen LogP contribution in [0.1, 0.15) is 48.7 Å². The molecule has 4 aromatic rings. The van der Waals surface area contributed by atoms with Crippen LogP contribution in [0.25, 0.3) is 16.6 Å². The number of ether oxygens (including phenoxy) is 1. The Morgan fingerprint density at radius 2 is 1.73 bits per heavy atom. The number of nitrogens with one attached hydrogen (secondary N) is 1. The molecular formula is C30H32N4O3. The molecule has 190 valence electrons. The molecule has 6 rings (SSSR count). The maximum Gasteiger partial charge on any atom is 0.273 e. The number of fused-ring (bicyclic) bond motifs is 3. The van der Waals surface area contributed by atoms with Crippen molar-refractivity contribution in [3.63, 3.8) is 0 Å². The van der Waals surface area contributed by atoms with E-state index in [2.05, 4.69) is 5.32 Å². The van der Waals surface area contributed by atoms with Crippen molar-refractivity contribution >= 4 is 22.7 Å². The fraction of sp³-hybridized carbons (Fsp3) is 0.333. The van der Waals surface area contributed by atoms with Gasteiger partial charge in [-0.2, -0.15) is 0 Å². The van der Waals surface area contributed by atoms with E-state index in [1.807, 2.05) is 89.1 Å². The Kier molecular flexibility index (Phi) is 5.78. The quantitative estimate of drug-likeness (QED) is 0.412. The van der Waals surface area contributed by atoms with Crippen molar-refractivity contribution in [1.29, 1.82) is 0 Å². The van der Waals surface area contributed by atoms with Gasteiger partial charge < -0.3 is 24.1 Å². The molecule has 1 unspecified atom stereocenters. The number of hydrogen-bond acceptors (Lipinski definition) is 3. The van der Waals surface area contributed by atoms with Gasteiger partial charge >= 0.3 is 0 Å². The highest BCUT2D eigenvalue weighted by Gasteiger charge is 2.49. The Balaban J connectivity index is 1.52. The lowest BCUT2D eigenvalue weighted by molar-refractivity contribution is -0.133. The van der Waals surface area contributed by atoms with E-state index < -0.39 is 5.54 Å². The molecule has 1 aliphatic heterocycles. The summed E-state index contributed by atoms with van der Waals surface area (Å²) in [5.74, 6) is 0.431. The minimum atomic E-state index is -1.08. The van der Waals surface area contributed by atoms with Gasteiger partial charge in [0.1, 0.15) is 17.0 Å². The van der Waals surface area contributed by atoms with Gasteiger partial charge in [0.2, 0.25) is 5.91 Å². The van der Waals surface area contributed by atoms with Crippen LogP contribution in [0.15, 0.2) is 73.1 Å². The smallest absolute Gasteiger partial charge is 0.273 e. The second kappa shape index (κ2) is 9.14. The number of aromatic nitrogens is 2. The summed E-state index contributed by atoms with van der Waals surface area (Å²) in [5, 5.41) is 4.27. The fourth-order valence-electron chi connectivity index (χ4n) is 6.01. The molecule has 37 heavy (non-hydrogen) atoms. The number of nitrogens with zero attached hydrogens (tertiary/aromatic N) is 3. The summed E-state index contributed by atoms with van der Waals surface area (Å²) >= 11 is 0. The molecule has 0 bridgehead atoms. The van der Waals surface area contributed by atoms with Crippen molar-refractivity contribution in [1.82, 2.24) is 19.4 Å². The highest BCUT2D eigenvalue weighted by molar-refractivity contribution is 6.08. The molecule has 1 fully saturated rings. The SMILES string of the molecule is COc1ccccc1CN1C(=O)c2c(-n3cccc3)c3ccccc3n2CC1(C)C(=O)NC1CCCC1. The normalized spacial score (nSPS) is 19.8. The first-order chi connectivity index (χ1) is 18.0. The van der Waals surface area contributed by atoms with Gasteiger partial charge in [-0.3, -0.25) is 9.59 Å². The van der Waals surface area contributed by atoms with Gasteiger partial charge in [0.25, 0.3) is 5.91 Å². The Bertz CT molecular complexity index is 1470. The average molecular weight is 497 g/mol. The van der Waals surface area contributed by atoms with Gasteiger partial charge in [0.15, 0.2) is 0 Å². The summed E-state index contributed by atoms with van der Waals surface area (Å²) in [4.78, 5) is 30.3. The third kappa shape index (κ3) is 3.80. The molecule has 2 aliphatic rings. The summed E-state index contributed by atoms with van der Waals surface area (Å²) in [6.45, 7) is 2.53. The number of amides is 2. The Morgan fingerprint density at radius 1 is 1.03 bits per heavy atom. The number of benzene rings is 2. The maximum atomic E-state index is 14.5. The van der Waals surface area contributed by atoms with E-state index in [0.29, 0.717) is 18.0 Å². The largest absolute Gasteiger partial charge is 0.496 e. The molecule has 2 amide bonds. The predicted molar refractivity (Wildman–Crippen MR) is 143 cm³/mol. The summed E-state index contributed by atoms with van der Waals surface area (Å²) in [6.07, 6.45) is 8.13. The minimum Gasteiger partial charge on any atom is -0.496 e. The lowest BCUT2D eigenvalue weighted by Crippen LogP contribution is -2.64. The standard InChI is InChI=1S/C30H32N4O3/c1-30(29(36)31-22-12-4-5-13-22)20-33-24-15-7-6-14-23(24)26(32-17-9-10-18-32)27(33)28(35)34(30)19-21-11-3-8-16-25(21)37-2/h3,6-11,14-18,22H,4-5,12-13,19-20H2,1-2H3,(H,31,36). The number of rotatable bonds is 6. The average Bonchev–Trinajstić information content (AvgIpc) is 3.68. The van der Waals surface area contributed by atoms with Crippen molar-refractivity contribution in [3.8, 4) is 11.4 Å². The van der Waals surface area contributed by atoms with Crippen LogP contribution in [-0.2, 0) is 17.9 Å². The maximum absolute atomic E-state index is 14.5. The van der Waals surface area contributed by atoms with E-state index in [1.165, 1.54) is 0 Å². The molecule has 7 heteroatoms. The monoisotopic (exact) mass is 496 g/mol. The van der Waals surface area contributed by atoms with E-state index in [0.717, 1.165) is 47.8 Å². The highest BCUT2D eigenvalue weighted by Crippen LogP contribution is 2.39. The first kappa shape index (κ1) is 23.4. The molecule has 0 spiro atoms. The number of methoxy groups -OCH3 is 1. The molecule has 7 nitrogen and oxygen atoms in total. The number of carbonyl (C=O) groups excluding carboxylic acids is 2. The molecule has 2 aromatic heterocycles. The van der Waals surface area contributed by atoms with Gasteiger partial charge in [-0.25, -0.2) is 0 Å². The first-order valence-electron chi connectivity index (χ1n) is 13.0. The lowest BCUT2D eigenvalue weighted by Gasteiger charge is -2.45. The van der Waals surface area contributed by atoms with E-state index in [9.17, 15) is 9.59 Å². The van der Waals surface area contributed by atoms with Gasteiger partial charge in [0, 0.05) is 29.4 Å². The Hall–Kier alpha value is -4.00. The molecule has 3 heterocycles. The highest BCUT2D eigenvalue weighted by atomic mass is 16.5. The van der Waals surface area contributed by atoms with Crippen LogP contribution < -0.4 is 10.1 Å². The molecule has 1 N–H and O–H groups in total. The predicted octanol–water partition coefficient (Wildman–Crippen LogP) is 4.91. The van der Waals surface area contributed by atoms with Crippen molar-refractivity contribution in [3.05, 3.63) is 84.3 Å². The zero-order valence-electron chi connectivity index (χ0n) is 21.3. The zero-order valence-corrected chi connectivity index (χ0v) is 21.3. The van der Waals surface area contributed by atoms with Crippen LogP contribution in [0.4, 0.5) is 0 Å². The fourth-order valence-corrected chi connectivity index (χ4v) is 6.01. The summed E-state index contributed by atoms with van der Waals surface area (Å²) in [5.41, 5.74) is 2.17. The zero-order chi connectivity index (χ0) is 25.6. The summed E-state index contributed by atoms with van der Waals surface area (Å²) in [7, 11) is 1.63. The molecule has 2 aromatic carbocycles. The molecule has 0 radical (unpaired) electrons. The number of carbonyl (C=O) groups is 2. The second-order valence-corrected chi connectivity index (χ2v) is 10.3. The topological polar surface area (TPSA) is 68.5 Å². The first-order valence-corrected chi connectivity index (χ1v) is 13.0. The van der Waals surface area contributed by atoms with Crippen molar-refractivity contribution in [2.24, 2.45) is 0 Å². The Labute approximate surface area is 216 Å². The van der Waals surface area contributed by atoms with E-state index in [1.54, 1.807) is 12.0 Å². The second-order valence-electron chi connectivity index (χ2n) is 10.3. The van der Waals surface area contributed by atoms with E-state index >= 15 is 0 Å². The molecule has 1 atom stereocenters. The molecule has 1 saturated carbocycles. The van der Waals surface area contributed by atoms with Crippen LogP contribution in [0.3, 0.4) is 0 Å². The third-order valence-electron chi connectivity index (χ3n) is 8.02. The lowest BCUT2D eigenvalue weighted by atomic mass is 9.93. The molecule has 1 aliphatic carbocycles.